The maximum atomic E-state index is 13.2. The van der Waals surface area contributed by atoms with E-state index in [9.17, 15) is 9.59 Å². The molecule has 0 unspecified atom stereocenters. The third kappa shape index (κ3) is 4.80. The minimum atomic E-state index is -0.0515. The number of pyridine rings is 1. The van der Waals surface area contributed by atoms with Crippen LogP contribution in [0.2, 0.25) is 0 Å². The molecule has 160 valence electrons. The zero-order valence-electron chi connectivity index (χ0n) is 17.6. The number of carbonyl (C=O) groups is 2. The van der Waals surface area contributed by atoms with Gasteiger partial charge < -0.3 is 14.3 Å². The third-order valence-electron chi connectivity index (χ3n) is 5.39. The van der Waals surface area contributed by atoms with Crippen LogP contribution < -0.4 is 0 Å². The van der Waals surface area contributed by atoms with E-state index < -0.39 is 0 Å². The first-order valence-electron chi connectivity index (χ1n) is 10.2. The van der Waals surface area contributed by atoms with Gasteiger partial charge in [-0.3, -0.25) is 9.59 Å². The monoisotopic (exact) mass is 436 g/mol. The van der Waals surface area contributed by atoms with Crippen molar-refractivity contribution in [1.29, 1.82) is 0 Å². The van der Waals surface area contributed by atoms with Crippen LogP contribution >= 0.6 is 11.8 Å². The average molecular weight is 437 g/mol. The predicted octanol–water partition coefficient (Wildman–Crippen LogP) is 3.36. The number of hydrogen-bond acceptors (Lipinski definition) is 6. The standard InChI is InChI=1S/C23H24N4O3S/c1-16-20(17(2)30-25-16)15-21(28)26-11-13-27(14-12-26)23(29)19-9-6-10-24-22(19)31-18-7-4-3-5-8-18/h3-10H,11-15H2,1-2H3. The first-order valence-corrected chi connectivity index (χ1v) is 11.0. The van der Waals surface area contributed by atoms with Gasteiger partial charge in [0.2, 0.25) is 5.91 Å². The van der Waals surface area contributed by atoms with Gasteiger partial charge in [0.1, 0.15) is 10.8 Å². The minimum absolute atomic E-state index is 0.0307. The number of piperazine rings is 1. The van der Waals surface area contributed by atoms with Crippen molar-refractivity contribution in [2.24, 2.45) is 0 Å². The number of aryl methyl sites for hydroxylation is 2. The molecule has 0 saturated carbocycles. The van der Waals surface area contributed by atoms with Crippen LogP contribution in [-0.2, 0) is 11.2 Å². The molecular formula is C23H24N4O3S. The summed E-state index contributed by atoms with van der Waals surface area (Å²) in [6.07, 6.45) is 1.98. The fourth-order valence-electron chi connectivity index (χ4n) is 3.58. The van der Waals surface area contributed by atoms with Crippen LogP contribution in [0.3, 0.4) is 0 Å². The molecule has 4 rings (SSSR count). The third-order valence-corrected chi connectivity index (χ3v) is 6.41. The lowest BCUT2D eigenvalue weighted by Gasteiger charge is -2.35. The van der Waals surface area contributed by atoms with E-state index in [0.29, 0.717) is 42.5 Å². The molecule has 0 spiro atoms. The highest BCUT2D eigenvalue weighted by Crippen LogP contribution is 2.29. The first kappa shape index (κ1) is 21.1. The Morgan fingerprint density at radius 2 is 1.71 bits per heavy atom. The number of aromatic nitrogens is 2. The summed E-state index contributed by atoms with van der Waals surface area (Å²) in [6.45, 7) is 5.67. The number of amides is 2. The van der Waals surface area contributed by atoms with Crippen LogP contribution in [0.1, 0.15) is 27.4 Å². The van der Waals surface area contributed by atoms with E-state index in [1.54, 1.807) is 22.1 Å². The molecule has 2 amide bonds. The van der Waals surface area contributed by atoms with Crippen molar-refractivity contribution < 1.29 is 14.1 Å². The zero-order valence-corrected chi connectivity index (χ0v) is 18.4. The van der Waals surface area contributed by atoms with Crippen LogP contribution in [-0.4, -0.2) is 57.9 Å². The summed E-state index contributed by atoms with van der Waals surface area (Å²) in [6, 6.07) is 13.5. The average Bonchev–Trinajstić information content (AvgIpc) is 3.12. The Hall–Kier alpha value is -3.13. The number of rotatable bonds is 5. The Morgan fingerprint density at radius 1 is 1.00 bits per heavy atom. The van der Waals surface area contributed by atoms with Crippen LogP contribution in [0.25, 0.3) is 0 Å². The second kappa shape index (κ2) is 9.34. The molecule has 1 aliphatic rings. The summed E-state index contributed by atoms with van der Waals surface area (Å²) in [4.78, 5) is 35.0. The quantitative estimate of drug-likeness (QED) is 0.610. The SMILES string of the molecule is Cc1noc(C)c1CC(=O)N1CCN(C(=O)c2cccnc2Sc2ccccc2)CC1. The lowest BCUT2D eigenvalue weighted by atomic mass is 10.1. The van der Waals surface area contributed by atoms with Crippen molar-refractivity contribution in [3.8, 4) is 0 Å². The molecule has 7 nitrogen and oxygen atoms in total. The van der Waals surface area contributed by atoms with Crippen LogP contribution in [0, 0.1) is 13.8 Å². The van der Waals surface area contributed by atoms with Gasteiger partial charge in [0.05, 0.1) is 17.7 Å². The molecule has 0 aliphatic carbocycles. The van der Waals surface area contributed by atoms with E-state index in [4.69, 9.17) is 4.52 Å². The largest absolute Gasteiger partial charge is 0.361 e. The smallest absolute Gasteiger partial charge is 0.256 e. The van der Waals surface area contributed by atoms with Gasteiger partial charge >= 0.3 is 0 Å². The molecule has 0 atom stereocenters. The predicted molar refractivity (Wildman–Crippen MR) is 117 cm³/mol. The lowest BCUT2D eigenvalue weighted by molar-refractivity contribution is -0.131. The minimum Gasteiger partial charge on any atom is -0.361 e. The number of carbonyl (C=O) groups excluding carboxylic acids is 2. The van der Waals surface area contributed by atoms with E-state index in [-0.39, 0.29) is 18.2 Å². The van der Waals surface area contributed by atoms with Gasteiger partial charge in [-0.05, 0) is 38.1 Å². The van der Waals surface area contributed by atoms with Gasteiger partial charge in [0, 0.05) is 42.8 Å². The van der Waals surface area contributed by atoms with Crippen molar-refractivity contribution in [3.63, 3.8) is 0 Å². The fraction of sp³-hybridized carbons (Fsp3) is 0.304. The second-order valence-electron chi connectivity index (χ2n) is 7.42. The topological polar surface area (TPSA) is 79.5 Å². The molecule has 0 bridgehead atoms. The zero-order chi connectivity index (χ0) is 21.8. The Bertz CT molecular complexity index is 1060. The van der Waals surface area contributed by atoms with Crippen molar-refractivity contribution in [3.05, 3.63) is 71.2 Å². The molecule has 31 heavy (non-hydrogen) atoms. The van der Waals surface area contributed by atoms with Gasteiger partial charge in [-0.1, -0.05) is 35.1 Å². The van der Waals surface area contributed by atoms with E-state index in [1.807, 2.05) is 50.2 Å². The molecule has 1 aromatic carbocycles. The van der Waals surface area contributed by atoms with Crippen molar-refractivity contribution in [2.75, 3.05) is 26.2 Å². The highest BCUT2D eigenvalue weighted by molar-refractivity contribution is 7.99. The Morgan fingerprint density at radius 3 is 2.39 bits per heavy atom. The summed E-state index contributed by atoms with van der Waals surface area (Å²) in [5, 5.41) is 4.61. The molecule has 0 radical (unpaired) electrons. The van der Waals surface area contributed by atoms with E-state index >= 15 is 0 Å². The Kier molecular flexibility index (Phi) is 6.36. The Balaban J connectivity index is 1.39. The van der Waals surface area contributed by atoms with Crippen LogP contribution in [0.4, 0.5) is 0 Å². The van der Waals surface area contributed by atoms with Crippen molar-refractivity contribution >= 4 is 23.6 Å². The summed E-state index contributed by atoms with van der Waals surface area (Å²) in [5.41, 5.74) is 2.19. The summed E-state index contributed by atoms with van der Waals surface area (Å²) in [5.74, 6) is 0.659. The molecule has 3 heterocycles. The first-order chi connectivity index (χ1) is 15.0. The molecule has 8 heteroatoms. The summed E-state index contributed by atoms with van der Waals surface area (Å²) < 4.78 is 5.15. The van der Waals surface area contributed by atoms with Crippen LogP contribution in [0.5, 0.6) is 0 Å². The number of benzene rings is 1. The van der Waals surface area contributed by atoms with Crippen molar-refractivity contribution in [2.45, 2.75) is 30.2 Å². The van der Waals surface area contributed by atoms with E-state index in [1.165, 1.54) is 11.8 Å². The van der Waals surface area contributed by atoms with Gasteiger partial charge in [-0.25, -0.2) is 4.98 Å². The van der Waals surface area contributed by atoms with E-state index in [0.717, 1.165) is 16.2 Å². The normalized spacial score (nSPS) is 14.0. The molecule has 1 aliphatic heterocycles. The van der Waals surface area contributed by atoms with Crippen molar-refractivity contribution in [1.82, 2.24) is 19.9 Å². The van der Waals surface area contributed by atoms with Gasteiger partial charge in [0.15, 0.2) is 0 Å². The molecule has 1 saturated heterocycles. The highest BCUT2D eigenvalue weighted by Gasteiger charge is 2.27. The molecule has 1 fully saturated rings. The maximum absolute atomic E-state index is 13.2. The van der Waals surface area contributed by atoms with Gasteiger partial charge in [0.25, 0.3) is 5.91 Å². The number of nitrogens with zero attached hydrogens (tertiary/aromatic N) is 4. The fourth-order valence-corrected chi connectivity index (χ4v) is 4.48. The molecule has 3 aromatic rings. The van der Waals surface area contributed by atoms with Crippen LogP contribution in [0.15, 0.2) is 63.1 Å². The van der Waals surface area contributed by atoms with E-state index in [2.05, 4.69) is 10.1 Å². The second-order valence-corrected chi connectivity index (χ2v) is 8.49. The molecular weight excluding hydrogens is 412 g/mol. The summed E-state index contributed by atoms with van der Waals surface area (Å²) in [7, 11) is 0. The maximum Gasteiger partial charge on any atom is 0.256 e. The molecule has 0 N–H and O–H groups in total. The van der Waals surface area contributed by atoms with Gasteiger partial charge in [-0.2, -0.15) is 0 Å². The van der Waals surface area contributed by atoms with Gasteiger partial charge in [-0.15, -0.1) is 0 Å². The Labute approximate surface area is 185 Å². The lowest BCUT2D eigenvalue weighted by Crippen LogP contribution is -2.51. The molecule has 2 aromatic heterocycles. The highest BCUT2D eigenvalue weighted by atomic mass is 32.2. The summed E-state index contributed by atoms with van der Waals surface area (Å²) >= 11 is 1.48. The number of hydrogen-bond donors (Lipinski definition) is 0.